The van der Waals surface area contributed by atoms with Crippen LogP contribution >= 0.6 is 11.8 Å². The number of hydrogen-bond donors (Lipinski definition) is 2. The van der Waals surface area contributed by atoms with E-state index in [9.17, 15) is 4.79 Å². The summed E-state index contributed by atoms with van der Waals surface area (Å²) in [4.78, 5) is 13.3. The highest BCUT2D eigenvalue weighted by Gasteiger charge is 2.31. The minimum absolute atomic E-state index is 0.583. The van der Waals surface area contributed by atoms with Crippen molar-refractivity contribution in [1.82, 2.24) is 4.84 Å². The number of nitrogens with one attached hydrogen (secondary N) is 1. The Morgan fingerprint density at radius 3 is 2.12 bits per heavy atom. The Morgan fingerprint density at radius 2 is 1.69 bits per heavy atom. The molecule has 0 saturated carbocycles. The lowest BCUT2D eigenvalue weighted by Crippen LogP contribution is -2.44. The average Bonchev–Trinajstić information content (AvgIpc) is 2.27. The van der Waals surface area contributed by atoms with Crippen LogP contribution in [0.15, 0.2) is 0 Å². The van der Waals surface area contributed by atoms with Crippen LogP contribution in [0.4, 0.5) is 0 Å². The van der Waals surface area contributed by atoms with Crippen molar-refractivity contribution in [1.29, 1.82) is 0 Å². The van der Waals surface area contributed by atoms with Gasteiger partial charge in [0.15, 0.2) is 0 Å². The maximum atomic E-state index is 10.9. The van der Waals surface area contributed by atoms with Gasteiger partial charge in [-0.15, -0.1) is 0 Å². The Labute approximate surface area is 104 Å². The molecule has 0 spiro atoms. The number of halogens is 1. The van der Waals surface area contributed by atoms with Gasteiger partial charge in [-0.05, 0) is 25.1 Å². The van der Waals surface area contributed by atoms with E-state index in [1.165, 1.54) is 32.1 Å². The summed E-state index contributed by atoms with van der Waals surface area (Å²) in [6, 6.07) is 0. The van der Waals surface area contributed by atoms with Gasteiger partial charge in [0.05, 0.1) is 0 Å². The van der Waals surface area contributed by atoms with E-state index < -0.39 is 11.5 Å². The normalized spacial score (nSPS) is 14.7. The van der Waals surface area contributed by atoms with E-state index in [1.807, 2.05) is 0 Å². The van der Waals surface area contributed by atoms with Crippen LogP contribution in [0.3, 0.4) is 0 Å². The molecule has 4 heteroatoms. The Bertz CT molecular complexity index is 199. The van der Waals surface area contributed by atoms with Crippen LogP contribution in [0.25, 0.3) is 0 Å². The highest BCUT2D eigenvalue weighted by Crippen LogP contribution is 2.17. The van der Waals surface area contributed by atoms with Crippen LogP contribution in [0, 0.1) is 0 Å². The molecule has 0 aromatic carbocycles. The van der Waals surface area contributed by atoms with Gasteiger partial charge in [-0.3, -0.25) is 4.79 Å². The molecule has 16 heavy (non-hydrogen) atoms. The number of hydrogen-bond acceptors (Lipinski definition) is 2. The Morgan fingerprint density at radius 1 is 1.19 bits per heavy atom. The second-order valence-electron chi connectivity index (χ2n) is 4.60. The number of aliphatic carboxylic acids is 1. The Hall–Kier alpha value is -0.280. The van der Waals surface area contributed by atoms with Gasteiger partial charge in [-0.25, -0.2) is 4.84 Å². The van der Waals surface area contributed by atoms with Crippen LogP contribution in [0.5, 0.6) is 0 Å². The fourth-order valence-electron chi connectivity index (χ4n) is 1.63. The summed E-state index contributed by atoms with van der Waals surface area (Å²) < 4.78 is 0. The maximum Gasteiger partial charge on any atom is 0.324 e. The first-order valence-electron chi connectivity index (χ1n) is 6.18. The number of carbonyl (C=O) groups is 1. The fraction of sp³-hybridized carbons (Fsp3) is 0.917. The first kappa shape index (κ1) is 15.7. The summed E-state index contributed by atoms with van der Waals surface area (Å²) in [5.41, 5.74) is -0.981. The topological polar surface area (TPSA) is 49.3 Å². The molecule has 0 aliphatic heterocycles. The second kappa shape index (κ2) is 8.82. The fourth-order valence-corrected chi connectivity index (χ4v) is 1.81. The largest absolute Gasteiger partial charge is 0.480 e. The van der Waals surface area contributed by atoms with Gasteiger partial charge in [0.1, 0.15) is 5.54 Å². The molecule has 0 amide bonds. The number of unbranched alkanes of at least 4 members (excludes halogenated alkanes) is 6. The van der Waals surface area contributed by atoms with Gasteiger partial charge < -0.3 is 5.11 Å². The zero-order valence-electron chi connectivity index (χ0n) is 10.4. The molecule has 0 radical (unpaired) electrons. The summed E-state index contributed by atoms with van der Waals surface area (Å²) in [6.07, 6.45) is 8.88. The van der Waals surface area contributed by atoms with Crippen molar-refractivity contribution in [3.8, 4) is 0 Å². The molecule has 0 heterocycles. The summed E-state index contributed by atoms with van der Waals surface area (Å²) >= 11 is 5.45. The third-order valence-electron chi connectivity index (χ3n) is 2.96. The van der Waals surface area contributed by atoms with Crippen molar-refractivity contribution in [2.24, 2.45) is 0 Å². The van der Waals surface area contributed by atoms with Gasteiger partial charge in [0.2, 0.25) is 0 Å². The molecule has 2 N–H and O–H groups in total. The number of carboxylic acids is 1. The minimum Gasteiger partial charge on any atom is -0.480 e. The van der Waals surface area contributed by atoms with Crippen molar-refractivity contribution in [3.63, 3.8) is 0 Å². The van der Waals surface area contributed by atoms with Gasteiger partial charge >= 0.3 is 5.97 Å². The van der Waals surface area contributed by atoms with Gasteiger partial charge in [-0.2, -0.15) is 0 Å². The van der Waals surface area contributed by atoms with Crippen molar-refractivity contribution < 1.29 is 9.90 Å². The highest BCUT2D eigenvalue weighted by molar-refractivity contribution is 6.15. The zero-order chi connectivity index (χ0) is 12.4. The quantitative estimate of drug-likeness (QED) is 0.458. The van der Waals surface area contributed by atoms with E-state index >= 15 is 0 Å². The van der Waals surface area contributed by atoms with Gasteiger partial charge in [0.25, 0.3) is 0 Å². The van der Waals surface area contributed by atoms with Gasteiger partial charge in [-0.1, -0.05) is 51.9 Å². The molecular weight excluding hydrogens is 226 g/mol. The molecule has 0 aliphatic rings. The van der Waals surface area contributed by atoms with E-state index in [1.54, 1.807) is 6.92 Å². The van der Waals surface area contributed by atoms with Crippen LogP contribution in [-0.4, -0.2) is 16.6 Å². The summed E-state index contributed by atoms with van der Waals surface area (Å²) in [7, 11) is 0. The van der Waals surface area contributed by atoms with Crippen LogP contribution in [0.2, 0.25) is 0 Å². The summed E-state index contributed by atoms with van der Waals surface area (Å²) in [6.45, 7) is 3.82. The molecule has 3 nitrogen and oxygen atoms in total. The van der Waals surface area contributed by atoms with E-state index in [-0.39, 0.29) is 0 Å². The summed E-state index contributed by atoms with van der Waals surface area (Å²) in [5, 5.41) is 8.96. The van der Waals surface area contributed by atoms with E-state index in [0.717, 1.165) is 12.8 Å². The van der Waals surface area contributed by atoms with Crippen LogP contribution < -0.4 is 4.84 Å². The lowest BCUT2D eigenvalue weighted by atomic mass is 9.95. The molecule has 0 fully saturated rings. The number of rotatable bonds is 10. The molecule has 96 valence electrons. The lowest BCUT2D eigenvalue weighted by Gasteiger charge is -2.22. The smallest absolute Gasteiger partial charge is 0.324 e. The van der Waals surface area contributed by atoms with Crippen molar-refractivity contribution in [2.75, 3.05) is 0 Å². The monoisotopic (exact) mass is 249 g/mol. The second-order valence-corrected chi connectivity index (χ2v) is 4.79. The van der Waals surface area contributed by atoms with Crippen molar-refractivity contribution >= 4 is 17.7 Å². The van der Waals surface area contributed by atoms with Crippen LogP contribution in [-0.2, 0) is 4.79 Å². The molecular formula is C12H24ClNO2. The van der Waals surface area contributed by atoms with Gasteiger partial charge in [0, 0.05) is 0 Å². The van der Waals surface area contributed by atoms with Crippen molar-refractivity contribution in [3.05, 3.63) is 0 Å². The first-order valence-corrected chi connectivity index (χ1v) is 6.56. The Balaban J connectivity index is 3.53. The first-order chi connectivity index (χ1) is 7.56. The predicted octanol–water partition coefficient (Wildman–Crippen LogP) is 3.71. The average molecular weight is 250 g/mol. The zero-order valence-corrected chi connectivity index (χ0v) is 11.1. The molecule has 0 bridgehead atoms. The Kier molecular flexibility index (Phi) is 8.67. The number of carboxylic acid groups (broad SMARTS) is 1. The van der Waals surface area contributed by atoms with Crippen molar-refractivity contribution in [2.45, 2.75) is 70.8 Å². The molecule has 0 aliphatic carbocycles. The predicted molar refractivity (Wildman–Crippen MR) is 67.6 cm³/mol. The molecule has 0 aromatic rings. The minimum atomic E-state index is -0.981. The molecule has 1 atom stereocenters. The molecule has 0 aromatic heterocycles. The standard InChI is InChI=1S/C12H24ClNO2/c1-3-4-5-6-7-8-9-10-12(2,14-13)11(15)16/h14H,3-10H2,1-2H3,(H,15,16). The third-order valence-corrected chi connectivity index (χ3v) is 3.38. The summed E-state index contributed by atoms with van der Waals surface area (Å²) in [5.74, 6) is -0.881. The molecule has 1 unspecified atom stereocenters. The lowest BCUT2D eigenvalue weighted by molar-refractivity contribution is -0.143. The molecule has 0 saturated heterocycles. The van der Waals surface area contributed by atoms with Crippen LogP contribution in [0.1, 0.15) is 65.2 Å². The highest BCUT2D eigenvalue weighted by atomic mass is 35.5. The maximum absolute atomic E-state index is 10.9. The molecule has 0 rings (SSSR count). The van der Waals surface area contributed by atoms with E-state index in [4.69, 9.17) is 16.9 Å². The van der Waals surface area contributed by atoms with E-state index in [2.05, 4.69) is 11.8 Å². The third kappa shape index (κ3) is 6.33. The van der Waals surface area contributed by atoms with E-state index in [0.29, 0.717) is 6.42 Å². The SMILES string of the molecule is CCCCCCCCCC(C)(NCl)C(=O)O.